The molecule has 2 atom stereocenters. The largest absolute Gasteiger partial charge is 0.485 e. The Hall–Kier alpha value is -3.84. The highest BCUT2D eigenvalue weighted by Crippen LogP contribution is 2.30. The number of carboxylic acids is 1. The van der Waals surface area contributed by atoms with E-state index in [1.807, 2.05) is 60.7 Å². The van der Waals surface area contributed by atoms with Gasteiger partial charge in [0.05, 0.1) is 0 Å². The fourth-order valence-corrected chi connectivity index (χ4v) is 3.87. The summed E-state index contributed by atoms with van der Waals surface area (Å²) in [7, 11) is 0. The molecule has 0 unspecified atom stereocenters. The first-order valence-electron chi connectivity index (χ1n) is 11.7. The minimum Gasteiger partial charge on any atom is -0.485 e. The van der Waals surface area contributed by atoms with Crippen molar-refractivity contribution in [3.05, 3.63) is 95.6 Å². The summed E-state index contributed by atoms with van der Waals surface area (Å²) in [6, 6.07) is 23.8. The molecule has 0 aromatic heterocycles. The molecule has 0 spiro atoms. The Morgan fingerprint density at radius 1 is 0.886 bits per heavy atom. The third-order valence-corrected chi connectivity index (χ3v) is 5.76. The maximum atomic E-state index is 12.4. The zero-order valence-corrected chi connectivity index (χ0v) is 19.4. The van der Waals surface area contributed by atoms with Gasteiger partial charge in [-0.2, -0.15) is 0 Å². The Labute approximate surface area is 204 Å². The van der Waals surface area contributed by atoms with Crippen LogP contribution in [0.15, 0.2) is 78.9 Å². The van der Waals surface area contributed by atoms with Gasteiger partial charge < -0.3 is 24.6 Å². The van der Waals surface area contributed by atoms with Gasteiger partial charge in [-0.05, 0) is 41.7 Å². The molecule has 0 bridgehead atoms. The van der Waals surface area contributed by atoms with Gasteiger partial charge in [0.15, 0.2) is 11.5 Å². The molecule has 0 saturated carbocycles. The molecule has 1 aliphatic heterocycles. The van der Waals surface area contributed by atoms with Crippen molar-refractivity contribution in [2.24, 2.45) is 0 Å². The van der Waals surface area contributed by atoms with Crippen LogP contribution in [-0.4, -0.2) is 35.7 Å². The maximum Gasteiger partial charge on any atom is 0.326 e. The highest BCUT2D eigenvalue weighted by Gasteiger charge is 2.28. The summed E-state index contributed by atoms with van der Waals surface area (Å²) in [4.78, 5) is 24.3. The van der Waals surface area contributed by atoms with E-state index in [9.17, 15) is 14.7 Å². The van der Waals surface area contributed by atoms with Gasteiger partial charge in [-0.1, -0.05) is 66.7 Å². The molecule has 1 aliphatic rings. The molecule has 3 aromatic carbocycles. The summed E-state index contributed by atoms with van der Waals surface area (Å²) < 4.78 is 17.5. The number of amides is 1. The molecule has 1 amide bonds. The minimum absolute atomic E-state index is 0.106. The monoisotopic (exact) mass is 475 g/mol. The molecular formula is C28H29NO6. The number of rotatable bonds is 11. The SMILES string of the molecule is O=C(O)[C@H](Cc1ccc(OCc2ccccc2)c(OCc2ccccc2)c1)NC(=O)[C@H]1CCCO1. The van der Waals surface area contributed by atoms with Crippen LogP contribution < -0.4 is 14.8 Å². The van der Waals surface area contributed by atoms with Crippen LogP contribution in [0, 0.1) is 0 Å². The van der Waals surface area contributed by atoms with Crippen molar-refractivity contribution in [3.8, 4) is 11.5 Å². The lowest BCUT2D eigenvalue weighted by molar-refractivity contribution is -0.143. The third-order valence-electron chi connectivity index (χ3n) is 5.76. The Morgan fingerprint density at radius 3 is 2.09 bits per heavy atom. The summed E-state index contributed by atoms with van der Waals surface area (Å²) in [5, 5.41) is 12.3. The Bertz CT molecular complexity index is 1110. The van der Waals surface area contributed by atoms with Crippen LogP contribution in [0.3, 0.4) is 0 Å². The quantitative estimate of drug-likeness (QED) is 0.433. The molecule has 1 fully saturated rings. The number of nitrogens with one attached hydrogen (secondary N) is 1. The van der Waals surface area contributed by atoms with Crippen molar-refractivity contribution in [2.45, 2.75) is 44.6 Å². The first-order valence-corrected chi connectivity index (χ1v) is 11.7. The molecule has 0 aliphatic carbocycles. The first-order chi connectivity index (χ1) is 17.1. The van der Waals surface area contributed by atoms with Gasteiger partial charge in [0.2, 0.25) is 5.91 Å². The molecule has 7 heteroatoms. The van der Waals surface area contributed by atoms with Crippen LogP contribution in [-0.2, 0) is 34.0 Å². The van der Waals surface area contributed by atoms with Crippen molar-refractivity contribution in [2.75, 3.05) is 6.61 Å². The summed E-state index contributed by atoms with van der Waals surface area (Å²) >= 11 is 0. The van der Waals surface area contributed by atoms with E-state index >= 15 is 0 Å². The lowest BCUT2D eigenvalue weighted by Crippen LogP contribution is -2.46. The van der Waals surface area contributed by atoms with Gasteiger partial charge in [-0.15, -0.1) is 0 Å². The summed E-state index contributed by atoms with van der Waals surface area (Å²) in [5.74, 6) is -0.425. The van der Waals surface area contributed by atoms with Crippen molar-refractivity contribution in [1.29, 1.82) is 0 Å². The predicted molar refractivity (Wildman–Crippen MR) is 130 cm³/mol. The lowest BCUT2D eigenvalue weighted by Gasteiger charge is -2.19. The molecule has 7 nitrogen and oxygen atoms in total. The molecule has 3 aromatic rings. The summed E-state index contributed by atoms with van der Waals surface area (Å²) in [6.07, 6.45) is 0.912. The predicted octanol–water partition coefficient (Wildman–Crippen LogP) is 4.14. The van der Waals surface area contributed by atoms with E-state index in [0.717, 1.165) is 17.5 Å². The average molecular weight is 476 g/mol. The number of aliphatic carboxylic acids is 1. The van der Waals surface area contributed by atoms with Gasteiger partial charge in [0.1, 0.15) is 25.4 Å². The third kappa shape index (κ3) is 7.07. The fourth-order valence-electron chi connectivity index (χ4n) is 3.87. The standard InChI is InChI=1S/C28H29NO6/c30-27(25-12-7-15-33-25)29-23(28(31)32)16-22-13-14-24(34-18-20-8-3-1-4-9-20)26(17-22)35-19-21-10-5-2-6-11-21/h1-6,8-11,13-14,17,23,25H,7,12,15-16,18-19H2,(H,29,30)(H,31,32)/t23-,25+/m0/s1. The van der Waals surface area contributed by atoms with Crippen molar-refractivity contribution >= 4 is 11.9 Å². The van der Waals surface area contributed by atoms with Crippen molar-refractivity contribution < 1.29 is 28.9 Å². The Morgan fingerprint density at radius 2 is 1.51 bits per heavy atom. The van der Waals surface area contributed by atoms with E-state index in [4.69, 9.17) is 14.2 Å². The topological polar surface area (TPSA) is 94.1 Å². The highest BCUT2D eigenvalue weighted by molar-refractivity contribution is 5.86. The van der Waals surface area contributed by atoms with Crippen LogP contribution in [0.4, 0.5) is 0 Å². The molecular weight excluding hydrogens is 446 g/mol. The van der Waals surface area contributed by atoms with Gasteiger partial charge in [-0.25, -0.2) is 4.79 Å². The van der Waals surface area contributed by atoms with E-state index in [0.29, 0.717) is 43.3 Å². The molecule has 1 saturated heterocycles. The fraction of sp³-hybridized carbons (Fsp3) is 0.286. The zero-order valence-electron chi connectivity index (χ0n) is 19.4. The number of hydrogen-bond donors (Lipinski definition) is 2. The maximum absolute atomic E-state index is 12.4. The van der Waals surface area contributed by atoms with Crippen LogP contribution in [0.1, 0.15) is 29.5 Å². The number of ether oxygens (including phenoxy) is 3. The number of carbonyl (C=O) groups is 2. The molecule has 2 N–H and O–H groups in total. The smallest absolute Gasteiger partial charge is 0.326 e. The van der Waals surface area contributed by atoms with Gasteiger partial charge in [0.25, 0.3) is 0 Å². The van der Waals surface area contributed by atoms with E-state index in [1.165, 1.54) is 0 Å². The van der Waals surface area contributed by atoms with Gasteiger partial charge >= 0.3 is 5.97 Å². The number of carbonyl (C=O) groups excluding carboxylic acids is 1. The zero-order chi connectivity index (χ0) is 24.5. The molecule has 4 rings (SSSR count). The van der Waals surface area contributed by atoms with Crippen LogP contribution in [0.2, 0.25) is 0 Å². The normalized spacial score (nSPS) is 15.8. The highest BCUT2D eigenvalue weighted by atomic mass is 16.5. The molecule has 35 heavy (non-hydrogen) atoms. The van der Waals surface area contributed by atoms with E-state index < -0.39 is 24.0 Å². The number of hydrogen-bond acceptors (Lipinski definition) is 5. The van der Waals surface area contributed by atoms with Gasteiger partial charge in [-0.3, -0.25) is 4.79 Å². The second-order valence-corrected chi connectivity index (χ2v) is 8.43. The number of benzene rings is 3. The molecule has 1 heterocycles. The summed E-state index contributed by atoms with van der Waals surface area (Å²) in [5.41, 5.74) is 2.73. The van der Waals surface area contributed by atoms with Crippen LogP contribution in [0.25, 0.3) is 0 Å². The second kappa shape index (κ2) is 12.0. The van der Waals surface area contributed by atoms with E-state index in [2.05, 4.69) is 5.32 Å². The van der Waals surface area contributed by atoms with Crippen molar-refractivity contribution in [1.82, 2.24) is 5.32 Å². The van der Waals surface area contributed by atoms with Crippen LogP contribution >= 0.6 is 0 Å². The van der Waals surface area contributed by atoms with E-state index in [-0.39, 0.29) is 6.42 Å². The average Bonchev–Trinajstić information content (AvgIpc) is 3.43. The number of carboxylic acid groups (broad SMARTS) is 1. The first kappa shape index (κ1) is 24.3. The van der Waals surface area contributed by atoms with Gasteiger partial charge in [0, 0.05) is 13.0 Å². The molecule has 0 radical (unpaired) electrons. The minimum atomic E-state index is -1.10. The Balaban J connectivity index is 1.49. The van der Waals surface area contributed by atoms with E-state index in [1.54, 1.807) is 18.2 Å². The summed E-state index contributed by atoms with van der Waals surface area (Å²) in [6.45, 7) is 1.23. The molecule has 182 valence electrons. The van der Waals surface area contributed by atoms with Crippen molar-refractivity contribution in [3.63, 3.8) is 0 Å². The Kier molecular flexibility index (Phi) is 8.35. The van der Waals surface area contributed by atoms with Crippen LogP contribution in [0.5, 0.6) is 11.5 Å². The second-order valence-electron chi connectivity index (χ2n) is 8.43. The lowest BCUT2D eigenvalue weighted by atomic mass is 10.0.